The lowest BCUT2D eigenvalue weighted by molar-refractivity contribution is -0.384. The zero-order chi connectivity index (χ0) is 14.5. The quantitative estimate of drug-likeness (QED) is 0.597. The fourth-order valence-corrected chi connectivity index (χ4v) is 3.35. The number of rotatable bonds is 5. The highest BCUT2D eigenvalue weighted by Gasteiger charge is 2.23. The number of halogens is 1. The molecule has 0 heterocycles. The molecule has 1 aliphatic rings. The van der Waals surface area contributed by atoms with E-state index in [1.807, 2.05) is 6.07 Å². The van der Waals surface area contributed by atoms with E-state index in [-0.39, 0.29) is 10.6 Å². The molecule has 0 aliphatic heterocycles. The minimum Gasteiger partial charge on any atom is -0.377 e. The van der Waals surface area contributed by atoms with Crippen molar-refractivity contribution in [3.8, 4) is 0 Å². The first kappa shape index (κ1) is 15.3. The summed E-state index contributed by atoms with van der Waals surface area (Å²) in [5, 5.41) is 14.5. The molecule has 0 spiro atoms. The number of nitrogens with zero attached hydrogens (tertiary/aromatic N) is 1. The van der Waals surface area contributed by atoms with Crippen LogP contribution in [0.2, 0.25) is 0 Å². The van der Waals surface area contributed by atoms with Gasteiger partial charge in [-0.3, -0.25) is 10.1 Å². The third kappa shape index (κ3) is 3.95. The van der Waals surface area contributed by atoms with E-state index >= 15 is 0 Å². The molecule has 0 aromatic heterocycles. The highest BCUT2D eigenvalue weighted by atomic mass is 79.9. The third-order valence-electron chi connectivity index (χ3n) is 4.06. The summed E-state index contributed by atoms with van der Waals surface area (Å²) in [5.74, 6) is 0.845. The molecule has 0 saturated heterocycles. The Hall–Kier alpha value is -1.10. The maximum atomic E-state index is 11.1. The smallest absolute Gasteiger partial charge is 0.293 e. The molecule has 1 fully saturated rings. The summed E-state index contributed by atoms with van der Waals surface area (Å²) >= 11 is 3.28. The Kier molecular flexibility index (Phi) is 5.40. The van der Waals surface area contributed by atoms with Crippen molar-refractivity contribution in [2.45, 2.75) is 51.5 Å². The number of anilines is 1. The maximum absolute atomic E-state index is 11.1. The van der Waals surface area contributed by atoms with Gasteiger partial charge in [0.1, 0.15) is 5.69 Å². The van der Waals surface area contributed by atoms with Crippen LogP contribution in [0, 0.1) is 16.0 Å². The molecular formula is C15H21BrN2O2. The minimum atomic E-state index is -0.324. The van der Waals surface area contributed by atoms with Gasteiger partial charge in [-0.2, -0.15) is 0 Å². The normalized spacial score (nSPS) is 22.5. The summed E-state index contributed by atoms with van der Waals surface area (Å²) in [6, 6.07) is 5.56. The number of nitro groups is 1. The Morgan fingerprint density at radius 2 is 2.05 bits per heavy atom. The van der Waals surface area contributed by atoms with Gasteiger partial charge in [-0.25, -0.2) is 0 Å². The summed E-state index contributed by atoms with van der Waals surface area (Å²) < 4.78 is 0.737. The Labute approximate surface area is 128 Å². The zero-order valence-electron chi connectivity index (χ0n) is 11.8. The molecule has 0 radical (unpaired) electrons. The number of hydrogen-bond acceptors (Lipinski definition) is 3. The average Bonchev–Trinajstić information content (AvgIpc) is 2.43. The molecular weight excluding hydrogens is 320 g/mol. The number of nitrogens with one attached hydrogen (secondary N) is 1. The molecule has 1 N–H and O–H groups in total. The van der Waals surface area contributed by atoms with Gasteiger partial charge in [0.15, 0.2) is 0 Å². The first-order chi connectivity index (χ1) is 9.60. The van der Waals surface area contributed by atoms with Crippen LogP contribution in [0.25, 0.3) is 0 Å². The predicted molar refractivity (Wildman–Crippen MR) is 85.1 cm³/mol. The van der Waals surface area contributed by atoms with Gasteiger partial charge in [-0.1, -0.05) is 35.7 Å². The Bertz CT molecular complexity index is 471. The largest absolute Gasteiger partial charge is 0.377 e. The Morgan fingerprint density at radius 3 is 2.65 bits per heavy atom. The summed E-state index contributed by atoms with van der Waals surface area (Å²) in [6.07, 6.45) is 7.24. The van der Waals surface area contributed by atoms with Crippen molar-refractivity contribution in [3.63, 3.8) is 0 Å². The SMILES string of the molecule is CCCC1CCC(Nc2ccc(Br)cc2[N+](=O)[O-])CC1. The molecule has 1 aromatic rings. The van der Waals surface area contributed by atoms with Crippen molar-refractivity contribution in [3.05, 3.63) is 32.8 Å². The molecule has 2 rings (SSSR count). The molecule has 4 nitrogen and oxygen atoms in total. The van der Waals surface area contributed by atoms with Gasteiger partial charge in [0.2, 0.25) is 0 Å². The van der Waals surface area contributed by atoms with Gasteiger partial charge in [0.05, 0.1) is 4.92 Å². The molecule has 0 unspecified atom stereocenters. The van der Waals surface area contributed by atoms with Crippen LogP contribution in [0.1, 0.15) is 45.4 Å². The van der Waals surface area contributed by atoms with E-state index in [2.05, 4.69) is 28.2 Å². The van der Waals surface area contributed by atoms with E-state index in [1.165, 1.54) is 25.7 Å². The lowest BCUT2D eigenvalue weighted by atomic mass is 9.83. The highest BCUT2D eigenvalue weighted by Crippen LogP contribution is 2.33. The van der Waals surface area contributed by atoms with Crippen LogP contribution in [0.5, 0.6) is 0 Å². The lowest BCUT2D eigenvalue weighted by Crippen LogP contribution is -2.26. The average molecular weight is 341 g/mol. The first-order valence-electron chi connectivity index (χ1n) is 7.30. The molecule has 0 bridgehead atoms. The maximum Gasteiger partial charge on any atom is 0.293 e. The molecule has 5 heteroatoms. The summed E-state index contributed by atoms with van der Waals surface area (Å²) in [5.41, 5.74) is 0.784. The van der Waals surface area contributed by atoms with Crippen molar-refractivity contribution in [1.29, 1.82) is 0 Å². The van der Waals surface area contributed by atoms with Crippen molar-refractivity contribution >= 4 is 27.3 Å². The third-order valence-corrected chi connectivity index (χ3v) is 4.55. The standard InChI is InChI=1S/C15H21BrN2O2/c1-2-3-11-4-7-13(8-5-11)17-14-9-6-12(16)10-15(14)18(19)20/h6,9-11,13,17H,2-5,7-8H2,1H3. The van der Waals surface area contributed by atoms with Crippen molar-refractivity contribution in [2.75, 3.05) is 5.32 Å². The van der Waals surface area contributed by atoms with Gasteiger partial charge in [0, 0.05) is 16.6 Å². The van der Waals surface area contributed by atoms with Crippen LogP contribution in [0.15, 0.2) is 22.7 Å². The molecule has 20 heavy (non-hydrogen) atoms. The van der Waals surface area contributed by atoms with E-state index in [0.29, 0.717) is 11.7 Å². The van der Waals surface area contributed by atoms with E-state index in [4.69, 9.17) is 0 Å². The van der Waals surface area contributed by atoms with Crippen LogP contribution in [-0.4, -0.2) is 11.0 Å². The first-order valence-corrected chi connectivity index (χ1v) is 8.10. The second kappa shape index (κ2) is 7.07. The van der Waals surface area contributed by atoms with Gasteiger partial charge in [0.25, 0.3) is 5.69 Å². The van der Waals surface area contributed by atoms with Crippen LogP contribution < -0.4 is 5.32 Å². The predicted octanol–water partition coefficient (Wildman–Crippen LogP) is 5.13. The Morgan fingerprint density at radius 1 is 1.35 bits per heavy atom. The van der Waals surface area contributed by atoms with Crippen LogP contribution in [-0.2, 0) is 0 Å². The van der Waals surface area contributed by atoms with E-state index in [1.54, 1.807) is 12.1 Å². The van der Waals surface area contributed by atoms with Gasteiger partial charge < -0.3 is 5.32 Å². The molecule has 0 amide bonds. The van der Waals surface area contributed by atoms with E-state index in [9.17, 15) is 10.1 Å². The summed E-state index contributed by atoms with van der Waals surface area (Å²) in [6.45, 7) is 2.23. The number of benzene rings is 1. The van der Waals surface area contributed by atoms with Crippen LogP contribution in [0.3, 0.4) is 0 Å². The fourth-order valence-electron chi connectivity index (χ4n) is 3.00. The number of nitro benzene ring substituents is 1. The fraction of sp³-hybridized carbons (Fsp3) is 0.600. The minimum absolute atomic E-state index is 0.148. The van der Waals surface area contributed by atoms with E-state index in [0.717, 1.165) is 23.2 Å². The Balaban J connectivity index is 1.99. The van der Waals surface area contributed by atoms with Gasteiger partial charge in [-0.15, -0.1) is 0 Å². The van der Waals surface area contributed by atoms with Crippen LogP contribution in [0.4, 0.5) is 11.4 Å². The van der Waals surface area contributed by atoms with Crippen LogP contribution >= 0.6 is 15.9 Å². The van der Waals surface area contributed by atoms with Crippen molar-refractivity contribution < 1.29 is 4.92 Å². The second-order valence-electron chi connectivity index (χ2n) is 5.57. The molecule has 1 saturated carbocycles. The van der Waals surface area contributed by atoms with E-state index < -0.39 is 0 Å². The molecule has 110 valence electrons. The van der Waals surface area contributed by atoms with Gasteiger partial charge in [-0.05, 0) is 43.7 Å². The van der Waals surface area contributed by atoms with Crippen molar-refractivity contribution in [2.24, 2.45) is 5.92 Å². The van der Waals surface area contributed by atoms with Gasteiger partial charge >= 0.3 is 0 Å². The number of hydrogen-bond donors (Lipinski definition) is 1. The highest BCUT2D eigenvalue weighted by molar-refractivity contribution is 9.10. The summed E-state index contributed by atoms with van der Waals surface area (Å²) in [7, 11) is 0. The van der Waals surface area contributed by atoms with Crippen molar-refractivity contribution in [1.82, 2.24) is 0 Å². The summed E-state index contributed by atoms with van der Waals surface area (Å²) in [4.78, 5) is 10.8. The molecule has 0 atom stereocenters. The zero-order valence-corrected chi connectivity index (χ0v) is 13.4. The monoisotopic (exact) mass is 340 g/mol. The second-order valence-corrected chi connectivity index (χ2v) is 6.48. The molecule has 1 aromatic carbocycles. The topological polar surface area (TPSA) is 55.2 Å². The lowest BCUT2D eigenvalue weighted by Gasteiger charge is -2.29. The molecule has 1 aliphatic carbocycles.